The number of nitrogens with one attached hydrogen (secondary N) is 1. The molecule has 0 aromatic rings. The Labute approximate surface area is 71.3 Å². The summed E-state index contributed by atoms with van der Waals surface area (Å²) >= 11 is 0. The summed E-state index contributed by atoms with van der Waals surface area (Å²) in [7, 11) is 0. The fraction of sp³-hybridized carbons (Fsp3) is 0.750. The maximum atomic E-state index is 11.1. The van der Waals surface area contributed by atoms with Gasteiger partial charge < -0.3 is 10.1 Å². The minimum Gasteiger partial charge on any atom is -0.393 e. The number of carbonyl (C=O) groups is 2. The van der Waals surface area contributed by atoms with Gasteiger partial charge >= 0.3 is 11.9 Å². The molecule has 1 N–H and O–H groups in total. The van der Waals surface area contributed by atoms with Crippen molar-refractivity contribution in [3.63, 3.8) is 0 Å². The number of ether oxygens (including phenoxy) is 1. The quantitative estimate of drug-likeness (QED) is 0.448. The van der Waals surface area contributed by atoms with Crippen LogP contribution in [0.15, 0.2) is 0 Å². The van der Waals surface area contributed by atoms with Crippen molar-refractivity contribution >= 4 is 11.9 Å². The predicted octanol–water partition coefficient (Wildman–Crippen LogP) is 0.0757. The number of esters is 2. The Kier molecular flexibility index (Phi) is 3.22. The monoisotopic (exact) mass is 171 g/mol. The minimum atomic E-state index is -0.515. The Balaban J connectivity index is 2.34. The van der Waals surface area contributed by atoms with Crippen LogP contribution in [0.2, 0.25) is 0 Å². The van der Waals surface area contributed by atoms with E-state index < -0.39 is 5.97 Å². The van der Waals surface area contributed by atoms with Crippen molar-refractivity contribution in [2.24, 2.45) is 5.92 Å². The van der Waals surface area contributed by atoms with Gasteiger partial charge in [-0.2, -0.15) is 0 Å². The van der Waals surface area contributed by atoms with Crippen LogP contribution in [0.4, 0.5) is 0 Å². The molecule has 0 aromatic heterocycles. The highest BCUT2D eigenvalue weighted by Crippen LogP contribution is 2.13. The molecule has 68 valence electrons. The zero-order chi connectivity index (χ0) is 8.97. The summed E-state index contributed by atoms with van der Waals surface area (Å²) in [5.41, 5.74) is 0. The first kappa shape index (κ1) is 9.19. The van der Waals surface area contributed by atoms with E-state index in [1.807, 2.05) is 0 Å². The average Bonchev–Trinajstić information content (AvgIpc) is 2.05. The Morgan fingerprint density at radius 1 is 1.33 bits per heavy atom. The van der Waals surface area contributed by atoms with Crippen molar-refractivity contribution in [1.29, 1.82) is 0 Å². The van der Waals surface area contributed by atoms with Crippen molar-refractivity contribution in [3.05, 3.63) is 0 Å². The number of carbonyl (C=O) groups excluding carboxylic acids is 2. The lowest BCUT2D eigenvalue weighted by Crippen LogP contribution is -2.33. The molecular formula is C8H13NO3. The third-order valence-corrected chi connectivity index (χ3v) is 1.92. The summed E-state index contributed by atoms with van der Waals surface area (Å²) in [6.45, 7) is 2.91. The van der Waals surface area contributed by atoms with E-state index >= 15 is 0 Å². The molecule has 0 aliphatic carbocycles. The second-order valence-electron chi connectivity index (χ2n) is 2.94. The molecule has 0 spiro atoms. The van der Waals surface area contributed by atoms with E-state index in [0.717, 1.165) is 25.9 Å². The number of rotatable bonds is 1. The van der Waals surface area contributed by atoms with Gasteiger partial charge in [0.1, 0.15) is 0 Å². The lowest BCUT2D eigenvalue weighted by Gasteiger charge is -2.19. The molecule has 0 aromatic carbocycles. The summed E-state index contributed by atoms with van der Waals surface area (Å²) in [5, 5.41) is 3.13. The number of hydrogen-bond donors (Lipinski definition) is 1. The van der Waals surface area contributed by atoms with E-state index in [2.05, 4.69) is 10.1 Å². The van der Waals surface area contributed by atoms with Crippen LogP contribution in [0.5, 0.6) is 0 Å². The maximum absolute atomic E-state index is 11.1. The van der Waals surface area contributed by atoms with E-state index in [4.69, 9.17) is 0 Å². The Bertz CT molecular complexity index is 185. The molecule has 0 atom stereocenters. The molecule has 4 nitrogen and oxygen atoms in total. The largest absolute Gasteiger partial charge is 0.393 e. The first-order valence-electron chi connectivity index (χ1n) is 4.13. The summed E-state index contributed by atoms with van der Waals surface area (Å²) in [6.07, 6.45) is 1.54. The molecule has 1 fully saturated rings. The molecule has 0 saturated carbocycles. The van der Waals surface area contributed by atoms with Gasteiger partial charge in [-0.1, -0.05) is 0 Å². The molecule has 1 saturated heterocycles. The highest BCUT2D eigenvalue weighted by atomic mass is 16.6. The molecular weight excluding hydrogens is 158 g/mol. The lowest BCUT2D eigenvalue weighted by molar-refractivity contribution is -0.161. The Hall–Kier alpha value is -0.900. The van der Waals surface area contributed by atoms with Crippen LogP contribution in [0.25, 0.3) is 0 Å². The molecule has 1 aliphatic rings. The van der Waals surface area contributed by atoms with Crippen molar-refractivity contribution in [2.75, 3.05) is 13.1 Å². The molecule has 0 bridgehead atoms. The highest BCUT2D eigenvalue weighted by molar-refractivity contribution is 5.85. The van der Waals surface area contributed by atoms with Crippen LogP contribution in [-0.4, -0.2) is 25.0 Å². The van der Waals surface area contributed by atoms with Crippen LogP contribution in [0.1, 0.15) is 19.8 Å². The normalized spacial score (nSPS) is 18.8. The van der Waals surface area contributed by atoms with Gasteiger partial charge in [-0.15, -0.1) is 0 Å². The molecule has 1 aliphatic heterocycles. The molecule has 0 unspecified atom stereocenters. The zero-order valence-electron chi connectivity index (χ0n) is 7.13. The first-order chi connectivity index (χ1) is 5.70. The van der Waals surface area contributed by atoms with Gasteiger partial charge in [-0.05, 0) is 25.9 Å². The Morgan fingerprint density at radius 2 is 1.92 bits per heavy atom. The van der Waals surface area contributed by atoms with Gasteiger partial charge in [0.2, 0.25) is 0 Å². The second-order valence-corrected chi connectivity index (χ2v) is 2.94. The summed E-state index contributed by atoms with van der Waals surface area (Å²) in [4.78, 5) is 21.6. The molecule has 1 heterocycles. The van der Waals surface area contributed by atoms with E-state index in [-0.39, 0.29) is 11.9 Å². The van der Waals surface area contributed by atoms with Crippen molar-refractivity contribution < 1.29 is 14.3 Å². The standard InChI is InChI=1S/C8H13NO3/c1-6(10)12-8(11)7-2-4-9-5-3-7/h7,9H,2-5H2,1H3. The average molecular weight is 171 g/mol. The zero-order valence-corrected chi connectivity index (χ0v) is 7.13. The van der Waals surface area contributed by atoms with Crippen LogP contribution in [0.3, 0.4) is 0 Å². The maximum Gasteiger partial charge on any atom is 0.316 e. The fourth-order valence-corrected chi connectivity index (χ4v) is 1.28. The fourth-order valence-electron chi connectivity index (χ4n) is 1.28. The van der Waals surface area contributed by atoms with Gasteiger partial charge in [0.15, 0.2) is 0 Å². The predicted molar refractivity (Wildman–Crippen MR) is 42.4 cm³/mol. The van der Waals surface area contributed by atoms with Crippen molar-refractivity contribution in [3.8, 4) is 0 Å². The minimum absolute atomic E-state index is 0.0878. The topological polar surface area (TPSA) is 55.4 Å². The Morgan fingerprint density at radius 3 is 2.42 bits per heavy atom. The molecule has 4 heteroatoms. The van der Waals surface area contributed by atoms with Crippen molar-refractivity contribution in [1.82, 2.24) is 5.32 Å². The molecule has 1 rings (SSSR count). The third kappa shape index (κ3) is 2.62. The van der Waals surface area contributed by atoms with Gasteiger partial charge in [0, 0.05) is 6.92 Å². The van der Waals surface area contributed by atoms with Gasteiger partial charge in [0.25, 0.3) is 0 Å². The number of piperidine rings is 1. The van der Waals surface area contributed by atoms with Gasteiger partial charge in [-0.25, -0.2) is 0 Å². The summed E-state index contributed by atoms with van der Waals surface area (Å²) < 4.78 is 4.48. The smallest absolute Gasteiger partial charge is 0.316 e. The van der Waals surface area contributed by atoms with Crippen LogP contribution >= 0.6 is 0 Å². The summed E-state index contributed by atoms with van der Waals surface area (Å²) in [5.74, 6) is -0.974. The van der Waals surface area contributed by atoms with Gasteiger partial charge in [-0.3, -0.25) is 9.59 Å². The molecule has 0 amide bonds. The van der Waals surface area contributed by atoms with Crippen molar-refractivity contribution in [2.45, 2.75) is 19.8 Å². The molecule has 12 heavy (non-hydrogen) atoms. The van der Waals surface area contributed by atoms with E-state index in [0.29, 0.717) is 0 Å². The molecule has 0 radical (unpaired) electrons. The lowest BCUT2D eigenvalue weighted by atomic mass is 9.99. The van der Waals surface area contributed by atoms with Crippen LogP contribution in [0, 0.1) is 5.92 Å². The van der Waals surface area contributed by atoms with E-state index in [9.17, 15) is 9.59 Å². The SMILES string of the molecule is CC(=O)OC(=O)C1CCNCC1. The highest BCUT2D eigenvalue weighted by Gasteiger charge is 2.23. The summed E-state index contributed by atoms with van der Waals surface area (Å²) in [6, 6.07) is 0. The van der Waals surface area contributed by atoms with Crippen LogP contribution < -0.4 is 5.32 Å². The third-order valence-electron chi connectivity index (χ3n) is 1.92. The first-order valence-corrected chi connectivity index (χ1v) is 4.13. The number of hydrogen-bond acceptors (Lipinski definition) is 4. The van der Waals surface area contributed by atoms with E-state index in [1.54, 1.807) is 0 Å². The van der Waals surface area contributed by atoms with Gasteiger partial charge in [0.05, 0.1) is 5.92 Å². The second kappa shape index (κ2) is 4.21. The van der Waals surface area contributed by atoms with E-state index in [1.165, 1.54) is 6.92 Å². The van der Waals surface area contributed by atoms with Crippen LogP contribution in [-0.2, 0) is 14.3 Å².